The first kappa shape index (κ1) is 144. The van der Waals surface area contributed by atoms with Crippen LogP contribution in [0.5, 0.6) is 0 Å². The zero-order chi connectivity index (χ0) is 106. The van der Waals surface area contributed by atoms with Crippen LogP contribution >= 0.6 is 0 Å². The molecular formula is C93H188N30O20. The summed E-state index contributed by atoms with van der Waals surface area (Å²) < 4.78 is 40.9. The van der Waals surface area contributed by atoms with Gasteiger partial charge in [0.2, 0.25) is 56.3 Å². The van der Waals surface area contributed by atoms with E-state index in [2.05, 4.69) is 159 Å². The van der Waals surface area contributed by atoms with Gasteiger partial charge in [0.25, 0.3) is 0 Å². The number of carbonyl (C=O) groups is 9. The van der Waals surface area contributed by atoms with Crippen molar-refractivity contribution in [3.8, 4) is 0 Å². The Hall–Kier alpha value is -9.88. The number of morpholine rings is 2. The molecule has 50 nitrogen and oxygen atoms in total. The minimum atomic E-state index is -0.361. The van der Waals surface area contributed by atoms with E-state index in [0.717, 1.165) is 156 Å². The van der Waals surface area contributed by atoms with Gasteiger partial charge in [-0.25, -0.2) is 14.6 Å². The van der Waals surface area contributed by atoms with E-state index >= 15 is 0 Å². The Kier molecular flexibility index (Phi) is 131. The van der Waals surface area contributed by atoms with Crippen molar-refractivity contribution >= 4 is 57.1 Å². The molecule has 18 rings (SSSR count). The number of aromatic amines is 4. The number of nitrogens with zero attached hydrogens (tertiary/aromatic N) is 15. The van der Waals surface area contributed by atoms with Crippen molar-refractivity contribution in [1.29, 1.82) is 0 Å². The maximum Gasteiger partial charge on any atom is 0.247 e. The molecule has 11 aliphatic heterocycles. The van der Waals surface area contributed by atoms with Crippen molar-refractivity contribution in [1.82, 2.24) is 154 Å². The van der Waals surface area contributed by atoms with Gasteiger partial charge in [-0.2, -0.15) is 15.4 Å². The molecule has 8 amide bonds. The summed E-state index contributed by atoms with van der Waals surface area (Å²) >= 11 is 0. The van der Waals surface area contributed by atoms with Crippen LogP contribution in [-0.2, 0) is 88.1 Å². The van der Waals surface area contributed by atoms with Crippen LogP contribution in [0.3, 0.4) is 0 Å². The van der Waals surface area contributed by atoms with E-state index in [4.69, 9.17) is 53.0 Å². The van der Waals surface area contributed by atoms with Crippen LogP contribution in [0.15, 0.2) is 67.2 Å². The van der Waals surface area contributed by atoms with E-state index in [-0.39, 0.29) is 24.1 Å². The van der Waals surface area contributed by atoms with E-state index in [1.54, 1.807) is 72.7 Å². The van der Waals surface area contributed by atoms with Crippen LogP contribution in [0.25, 0.3) is 0 Å². The monoisotopic (exact) mass is 2050 g/mol. The summed E-state index contributed by atoms with van der Waals surface area (Å²) in [6.07, 6.45) is 48.0. The van der Waals surface area contributed by atoms with E-state index in [9.17, 15) is 38.4 Å². The van der Waals surface area contributed by atoms with Crippen molar-refractivity contribution in [2.45, 2.75) is 192 Å². The highest BCUT2D eigenvalue weighted by atomic mass is 16.5. The summed E-state index contributed by atoms with van der Waals surface area (Å²) in [6.45, 7) is 34.3. The standard InChI is InChI=1S/C6H13NO3.C6H11NO2.C5H12N2.C5H9NO2.C5H5NO.C5H11NO.3C5H11N.C5H10O.C4H9NO2.C4H9NO.C4H7NO.C4H9N.2C4H8O.C3H7NO.C3H6.C2H4N4.2C2H3N3.C2H5NO.C2H4O2.CH2N4/c1-9-3-6(4-10-2)7-5-8;8-5-7-6-1-3-9-4-2-6;1-7-4-2-6-3-5-7;7-5-6-1-3-8-4-2-6;7-5-3-1-2-4-6-5;1-3-5(2)6-4-7;1-6-4-2-3-5-6;3*1-2-4-6-5-3-1;1-7-3-2-5-4-6;1-3-6-4-2-5-1;6-4-2-1-3-5-4;1-2-4-5-3-1;5-3-4-1-2-4;1-2-4-5-3-1;1-4(2)3-5;1-2-3-1;1-6-2-3-4-5-6;2*1-3-2-5-4-1;1-3-2-4;3-1-2-4;1-2-4-5-3-1/h5-6H,3-4H2,1-2H3,(H,7,8);5-6H,1-4H2,(H,7,8);6H,2-5H2,1H3;5H,1-4H2;1-4H,(H,6,7);4-5H,3H2,1-2H3,(H,6,7);2-5H2,1H3;2*6H,1-5H2;1-5H2;4H,2-3H2,1H3,(H,5,6);5H,1-4H2;1-3H2,(H,5,6);5H,1-4H2;4-5H,1-3H2;1-4H2;3H,1-2H3;1-3H2;2H,1H3;2*1-2H,(H,3,4,5);2H,1H3,(H,3,4);1,4H,2H2;1H,(H,2,3,4,5). The zero-order valence-electron chi connectivity index (χ0n) is 88.2. The van der Waals surface area contributed by atoms with E-state index < -0.39 is 0 Å². The molecule has 0 spiro atoms. The van der Waals surface area contributed by atoms with Crippen molar-refractivity contribution in [3.63, 3.8) is 0 Å². The number of H-pyrrole nitrogens is 4. The lowest BCUT2D eigenvalue weighted by molar-refractivity contribution is -0.122. The maximum atomic E-state index is 10.2. The van der Waals surface area contributed by atoms with Crippen molar-refractivity contribution in [2.75, 3.05) is 273 Å². The Labute approximate surface area is 850 Å². The van der Waals surface area contributed by atoms with Gasteiger partial charge in [-0.3, -0.25) is 53.3 Å². The Balaban J connectivity index is -0.000000343. The number of amides is 8. The average Bonchev–Trinajstić information content (AvgIpc) is 1.81. The fourth-order valence-electron chi connectivity index (χ4n) is 10.2. The predicted molar refractivity (Wildman–Crippen MR) is 551 cm³/mol. The predicted octanol–water partition coefficient (Wildman–Crippen LogP) is 0.497. The second-order valence-corrected chi connectivity index (χ2v) is 32.0. The van der Waals surface area contributed by atoms with Crippen LogP contribution in [0.2, 0.25) is 0 Å². The number of rotatable bonds is 20. The third-order valence-corrected chi connectivity index (χ3v) is 18.7. The van der Waals surface area contributed by atoms with Gasteiger partial charge in [0.15, 0.2) is 6.33 Å². The summed E-state index contributed by atoms with van der Waals surface area (Å²) in [7, 11) is 15.8. The first-order chi connectivity index (χ1) is 69.9. The highest BCUT2D eigenvalue weighted by molar-refractivity contribution is 5.77. The summed E-state index contributed by atoms with van der Waals surface area (Å²) in [5, 5.41) is 81.5. The van der Waals surface area contributed by atoms with Gasteiger partial charge < -0.3 is 136 Å². The number of hydrogen-bond donors (Lipinski definition) is 17. The number of tetrazole rings is 2. The third-order valence-electron chi connectivity index (χ3n) is 18.7. The summed E-state index contributed by atoms with van der Waals surface area (Å²) in [5.41, 5.74) is -0.0532. The van der Waals surface area contributed by atoms with E-state index in [0.29, 0.717) is 89.7 Å². The van der Waals surface area contributed by atoms with Crippen LogP contribution in [0, 0.1) is 5.92 Å². The molecule has 143 heavy (non-hydrogen) atoms. The van der Waals surface area contributed by atoms with Crippen molar-refractivity contribution in [3.05, 3.63) is 72.7 Å². The molecule has 830 valence electrons. The number of aldehydes is 1. The minimum absolute atomic E-state index is 0.0347. The molecule has 0 aromatic carbocycles. The minimum Gasteiger partial charge on any atom is -0.396 e. The molecule has 13 fully saturated rings. The van der Waals surface area contributed by atoms with Crippen molar-refractivity contribution < 1.29 is 91.3 Å². The van der Waals surface area contributed by atoms with Crippen LogP contribution in [0.4, 0.5) is 0 Å². The molecule has 2 saturated carbocycles. The number of likely N-dealkylation sites (tertiary alicyclic amines) is 1. The fraction of sp³-hybridized carbons (Fsp3) is 0.785. The maximum absolute atomic E-state index is 10.2. The number of piperazine rings is 1. The molecule has 0 bridgehead atoms. The number of aliphatic hydroxyl groups excluding tert-OH is 2. The average molecular weight is 2050 g/mol. The molecular weight excluding hydrogens is 1860 g/mol. The molecule has 1 unspecified atom stereocenters. The Morgan fingerprint density at radius 1 is 0.524 bits per heavy atom. The van der Waals surface area contributed by atoms with Gasteiger partial charge in [0.05, 0.1) is 58.9 Å². The number of carbonyl (C=O) groups excluding carboxylic acids is 9. The molecule has 11 saturated heterocycles. The first-order valence-electron chi connectivity index (χ1n) is 49.8. The normalized spacial score (nSPS) is 16.6. The quantitative estimate of drug-likeness (QED) is 0.0372. The summed E-state index contributed by atoms with van der Waals surface area (Å²) in [6, 6.07) is 5.58. The van der Waals surface area contributed by atoms with Gasteiger partial charge in [-0.1, -0.05) is 50.3 Å². The Morgan fingerprint density at radius 3 is 1.20 bits per heavy atom. The highest BCUT2D eigenvalue weighted by Gasteiger charge is 2.19. The molecule has 5 aromatic rings. The smallest absolute Gasteiger partial charge is 0.247 e. The lowest BCUT2D eigenvalue weighted by Crippen LogP contribution is -2.40. The molecule has 16 heterocycles. The first-order valence-corrected chi connectivity index (χ1v) is 49.8. The molecule has 13 aliphatic rings. The lowest BCUT2D eigenvalue weighted by Gasteiger charge is -2.21. The zero-order valence-corrected chi connectivity index (χ0v) is 88.2. The van der Waals surface area contributed by atoms with Crippen LogP contribution < -0.4 is 64.0 Å². The van der Waals surface area contributed by atoms with E-state index in [1.165, 1.54) is 247 Å². The van der Waals surface area contributed by atoms with Crippen molar-refractivity contribution in [2.24, 2.45) is 13.0 Å². The number of likely N-dealkylation sites (N-methyl/N-ethyl adjacent to an activating group) is 1. The van der Waals surface area contributed by atoms with Gasteiger partial charge >= 0.3 is 0 Å². The molecule has 5 aromatic heterocycles. The van der Waals surface area contributed by atoms with Gasteiger partial charge in [0.1, 0.15) is 37.9 Å². The number of pyridine rings is 1. The fourth-order valence-corrected chi connectivity index (χ4v) is 10.2. The Morgan fingerprint density at radius 2 is 1.00 bits per heavy atom. The number of piperidine rings is 2. The van der Waals surface area contributed by atoms with Gasteiger partial charge in [0, 0.05) is 192 Å². The molecule has 17 N–H and O–H groups in total. The third kappa shape index (κ3) is 143. The Bertz CT molecular complexity index is 2940. The molecule has 50 heteroatoms. The second kappa shape index (κ2) is 130. The van der Waals surface area contributed by atoms with Gasteiger partial charge in [-0.15, -0.1) is 15.3 Å². The highest BCUT2D eigenvalue weighted by Crippen LogP contribution is 2.27. The summed E-state index contributed by atoms with van der Waals surface area (Å²) in [4.78, 5) is 114. The number of methoxy groups -OCH3 is 3. The van der Waals surface area contributed by atoms with E-state index in [1.807, 2.05) is 13.8 Å². The van der Waals surface area contributed by atoms with Crippen LogP contribution in [0.1, 0.15) is 174 Å². The number of aliphatic hydroxyl groups is 2. The summed E-state index contributed by atoms with van der Waals surface area (Å²) in [5.74, 6) is 0.894. The van der Waals surface area contributed by atoms with Crippen LogP contribution in [-0.4, -0.2) is 455 Å². The topological polar surface area (TPSA) is 627 Å². The number of nitrogens with one attached hydrogen (secondary N) is 15. The molecule has 1 atom stereocenters. The number of aromatic nitrogens is 15. The number of ether oxygens (including phenoxy) is 8. The van der Waals surface area contributed by atoms with Gasteiger partial charge in [-0.05, 0) is 218 Å². The SMILES string of the molecule is C1CC1.C1CCNC1.C1CCNCC1.C1CCNCC1.C1CCOC1.C1CCOCC1.C1COCCN1.CCC(C)NC=O.CN(C)C=O.CN1CCCC1.CN1CCNCC1.CNC=O.COCC(COC)NC=O.COCCNC=O.Cn1cnnn1.O=C1CCCN1.O=CCO.O=CN1CCOCC1.O=CNC1CCOCC1.O=c1cccc[nH]1.OCC1CC1.c1nc[nH]n1.c1nc[nH]n1.c1nn[nH]n1. The lowest BCUT2D eigenvalue weighted by atomic mass is 10.1. The molecule has 2 aliphatic carbocycles. The molecule has 0 radical (unpaired) electrons. The second-order valence-electron chi connectivity index (χ2n) is 32.0. The number of aryl methyl sites for hydroxylation is 1. The largest absolute Gasteiger partial charge is 0.396 e. The number of hydrogen-bond acceptors (Lipinski definition) is 37.